The van der Waals surface area contributed by atoms with Gasteiger partial charge in [-0.15, -0.1) is 0 Å². The Balaban J connectivity index is 1.40. The van der Waals surface area contributed by atoms with Crippen LogP contribution in [0.25, 0.3) is 0 Å². The number of hydrogen-bond acceptors (Lipinski definition) is 5. The third-order valence-corrected chi connectivity index (χ3v) is 7.85. The van der Waals surface area contributed by atoms with Gasteiger partial charge in [-0.05, 0) is 54.8 Å². The average molecular weight is 479 g/mol. The van der Waals surface area contributed by atoms with Crippen LogP contribution < -0.4 is 14.5 Å². The largest absolute Gasteiger partial charge is 0.357 e. The highest BCUT2D eigenvalue weighted by atomic mass is 32.2. The van der Waals surface area contributed by atoms with Crippen LogP contribution >= 0.6 is 0 Å². The fourth-order valence-electron chi connectivity index (χ4n) is 4.03. The number of para-hydroxylation sites is 1. The molecule has 1 aliphatic rings. The van der Waals surface area contributed by atoms with Gasteiger partial charge in [0, 0.05) is 38.4 Å². The van der Waals surface area contributed by atoms with E-state index >= 15 is 0 Å². The smallest absolute Gasteiger partial charge is 0.264 e. The second-order valence-corrected chi connectivity index (χ2v) is 10.4. The van der Waals surface area contributed by atoms with Crippen molar-refractivity contribution in [3.63, 3.8) is 0 Å². The number of pyridine rings is 1. The van der Waals surface area contributed by atoms with Crippen LogP contribution in [0, 0.1) is 0 Å². The lowest BCUT2D eigenvalue weighted by molar-refractivity contribution is 0.0950. The maximum absolute atomic E-state index is 13.1. The fraction of sp³-hybridized carbons (Fsp3) is 0.308. The molecule has 3 aromatic rings. The molecule has 0 saturated carbocycles. The van der Waals surface area contributed by atoms with E-state index in [9.17, 15) is 13.2 Å². The van der Waals surface area contributed by atoms with E-state index in [4.69, 9.17) is 0 Å². The van der Waals surface area contributed by atoms with Gasteiger partial charge in [0.05, 0.1) is 10.6 Å². The summed E-state index contributed by atoms with van der Waals surface area (Å²) in [6, 6.07) is 18.9. The van der Waals surface area contributed by atoms with Crippen LogP contribution in [-0.2, 0) is 16.6 Å². The number of aromatic nitrogens is 1. The van der Waals surface area contributed by atoms with E-state index in [0.717, 1.165) is 24.5 Å². The molecule has 1 aliphatic heterocycles. The third-order valence-electron chi connectivity index (χ3n) is 6.07. The molecule has 2 aromatic carbocycles. The van der Waals surface area contributed by atoms with Crippen molar-refractivity contribution >= 4 is 27.4 Å². The molecule has 0 atom stereocenters. The summed E-state index contributed by atoms with van der Waals surface area (Å²) in [5.41, 5.74) is 1.73. The monoisotopic (exact) mass is 478 g/mol. The minimum atomic E-state index is -3.79. The van der Waals surface area contributed by atoms with Crippen LogP contribution in [-0.4, -0.2) is 39.4 Å². The number of carbonyl (C=O) groups is 1. The molecule has 1 fully saturated rings. The van der Waals surface area contributed by atoms with Gasteiger partial charge >= 0.3 is 0 Å². The fourth-order valence-corrected chi connectivity index (χ4v) is 5.27. The molecule has 8 heteroatoms. The number of hydrogen-bond donors (Lipinski definition) is 1. The van der Waals surface area contributed by atoms with E-state index in [0.29, 0.717) is 12.2 Å². The lowest BCUT2D eigenvalue weighted by atomic mass is 10.2. The second-order valence-electron chi connectivity index (χ2n) is 8.44. The third kappa shape index (κ3) is 5.56. The maximum atomic E-state index is 13.1. The zero-order valence-corrected chi connectivity index (χ0v) is 20.2. The number of carbonyl (C=O) groups excluding carboxylic acids is 1. The number of anilines is 2. The van der Waals surface area contributed by atoms with Crippen molar-refractivity contribution in [3.05, 3.63) is 84.1 Å². The van der Waals surface area contributed by atoms with E-state index in [1.807, 2.05) is 18.2 Å². The topological polar surface area (TPSA) is 82.6 Å². The van der Waals surface area contributed by atoms with E-state index in [2.05, 4.69) is 15.2 Å². The number of benzene rings is 2. The molecule has 1 saturated heterocycles. The standard InChI is InChI=1S/C26H30N4O3S/c1-29(23-11-5-4-6-12-23)34(32,33)24-13-9-10-22(18-24)26(31)28-20-21-14-15-25(27-19-21)30-16-7-2-3-8-17-30/h4-6,9-15,18-19H,2-3,7-8,16-17,20H2,1H3,(H,28,31). The Morgan fingerprint density at radius 3 is 2.38 bits per heavy atom. The Morgan fingerprint density at radius 2 is 1.71 bits per heavy atom. The van der Waals surface area contributed by atoms with Crippen molar-refractivity contribution in [1.29, 1.82) is 0 Å². The molecule has 0 unspecified atom stereocenters. The predicted molar refractivity (Wildman–Crippen MR) is 135 cm³/mol. The molecule has 1 N–H and O–H groups in total. The van der Waals surface area contributed by atoms with Gasteiger partial charge in [0.1, 0.15) is 5.82 Å². The van der Waals surface area contributed by atoms with Crippen molar-refractivity contribution < 1.29 is 13.2 Å². The van der Waals surface area contributed by atoms with Crippen LogP contribution in [0.1, 0.15) is 41.6 Å². The average Bonchev–Trinajstić information content (AvgIpc) is 3.17. The molecule has 0 spiro atoms. The number of nitrogens with one attached hydrogen (secondary N) is 1. The Kier molecular flexibility index (Phi) is 7.47. The lowest BCUT2D eigenvalue weighted by Gasteiger charge is -2.21. The summed E-state index contributed by atoms with van der Waals surface area (Å²) in [4.78, 5) is 19.7. The van der Waals surface area contributed by atoms with Gasteiger partial charge in [-0.2, -0.15) is 0 Å². The number of amides is 1. The highest BCUT2D eigenvalue weighted by molar-refractivity contribution is 7.92. The molecular formula is C26H30N4O3S. The molecule has 4 rings (SSSR count). The van der Waals surface area contributed by atoms with Crippen LogP contribution in [0.5, 0.6) is 0 Å². The molecule has 2 heterocycles. The molecule has 1 amide bonds. The quantitative estimate of drug-likeness (QED) is 0.550. The highest BCUT2D eigenvalue weighted by Gasteiger charge is 2.22. The number of nitrogens with zero attached hydrogens (tertiary/aromatic N) is 3. The molecule has 0 radical (unpaired) electrons. The minimum absolute atomic E-state index is 0.0648. The van der Waals surface area contributed by atoms with E-state index in [-0.39, 0.29) is 16.4 Å². The van der Waals surface area contributed by atoms with Crippen molar-refractivity contribution in [2.24, 2.45) is 0 Å². The minimum Gasteiger partial charge on any atom is -0.357 e. The first-order valence-corrected chi connectivity index (χ1v) is 13.0. The molecule has 34 heavy (non-hydrogen) atoms. The van der Waals surface area contributed by atoms with Gasteiger partial charge in [0.15, 0.2) is 0 Å². The number of rotatable bonds is 7. The Hall–Kier alpha value is -3.39. The molecule has 1 aromatic heterocycles. The molecule has 178 valence electrons. The van der Waals surface area contributed by atoms with E-state index in [1.165, 1.54) is 49.2 Å². The van der Waals surface area contributed by atoms with Crippen LogP contribution in [0.15, 0.2) is 77.8 Å². The van der Waals surface area contributed by atoms with Crippen LogP contribution in [0.3, 0.4) is 0 Å². The van der Waals surface area contributed by atoms with E-state index in [1.54, 1.807) is 42.6 Å². The summed E-state index contributed by atoms with van der Waals surface area (Å²) in [5.74, 6) is 0.633. The zero-order valence-electron chi connectivity index (χ0n) is 19.4. The molecule has 0 bridgehead atoms. The van der Waals surface area contributed by atoms with Gasteiger partial charge in [-0.1, -0.05) is 43.2 Å². The lowest BCUT2D eigenvalue weighted by Crippen LogP contribution is -2.27. The summed E-state index contributed by atoms with van der Waals surface area (Å²) >= 11 is 0. The maximum Gasteiger partial charge on any atom is 0.264 e. The van der Waals surface area contributed by atoms with Crippen LogP contribution in [0.4, 0.5) is 11.5 Å². The normalized spacial score (nSPS) is 14.3. The molecule has 7 nitrogen and oxygen atoms in total. The summed E-state index contributed by atoms with van der Waals surface area (Å²) in [6.07, 6.45) is 6.71. The summed E-state index contributed by atoms with van der Waals surface area (Å²) in [5, 5.41) is 2.86. The Bertz CT molecular complexity index is 1210. The van der Waals surface area contributed by atoms with Gasteiger partial charge in [0.25, 0.3) is 15.9 Å². The zero-order chi connectivity index (χ0) is 24.0. The summed E-state index contributed by atoms with van der Waals surface area (Å²) < 4.78 is 27.3. The predicted octanol–water partition coefficient (Wildman–Crippen LogP) is 4.22. The summed E-state index contributed by atoms with van der Waals surface area (Å²) in [6.45, 7) is 2.37. The second kappa shape index (κ2) is 10.7. The first-order chi connectivity index (χ1) is 16.4. The van der Waals surface area contributed by atoms with E-state index < -0.39 is 10.0 Å². The Morgan fingerprint density at radius 1 is 0.971 bits per heavy atom. The van der Waals surface area contributed by atoms with Crippen molar-refractivity contribution in [2.75, 3.05) is 29.3 Å². The van der Waals surface area contributed by atoms with Crippen molar-refractivity contribution in [1.82, 2.24) is 10.3 Å². The van der Waals surface area contributed by atoms with Crippen LogP contribution in [0.2, 0.25) is 0 Å². The first kappa shape index (κ1) is 23.8. The van der Waals surface area contributed by atoms with Gasteiger partial charge in [-0.3, -0.25) is 9.10 Å². The summed E-state index contributed by atoms with van der Waals surface area (Å²) in [7, 11) is -2.29. The van der Waals surface area contributed by atoms with Crippen molar-refractivity contribution in [3.8, 4) is 0 Å². The highest BCUT2D eigenvalue weighted by Crippen LogP contribution is 2.22. The SMILES string of the molecule is CN(c1ccccc1)S(=O)(=O)c1cccc(C(=O)NCc2ccc(N3CCCCCC3)nc2)c1. The number of sulfonamides is 1. The van der Waals surface area contributed by atoms with Gasteiger partial charge in [0.2, 0.25) is 0 Å². The van der Waals surface area contributed by atoms with Crippen molar-refractivity contribution in [2.45, 2.75) is 37.1 Å². The molecular weight excluding hydrogens is 448 g/mol. The first-order valence-electron chi connectivity index (χ1n) is 11.6. The Labute approximate surface area is 201 Å². The molecule has 0 aliphatic carbocycles. The van der Waals surface area contributed by atoms with Gasteiger partial charge < -0.3 is 10.2 Å². The van der Waals surface area contributed by atoms with Gasteiger partial charge in [-0.25, -0.2) is 13.4 Å².